The van der Waals surface area contributed by atoms with Gasteiger partial charge in [-0.1, -0.05) is 258 Å². The molecule has 94 heavy (non-hydrogen) atoms. The normalized spacial score (nSPS) is 14.8. The molecule has 5 atom stereocenters. The molecule has 5 unspecified atom stereocenters. The molecule has 0 bridgehead atoms. The topological polar surface area (TPSA) is 237 Å². The lowest BCUT2D eigenvalue weighted by molar-refractivity contribution is -0.161. The van der Waals surface area contributed by atoms with Crippen LogP contribution in [0.5, 0.6) is 0 Å². The van der Waals surface area contributed by atoms with E-state index in [0.29, 0.717) is 25.7 Å². The van der Waals surface area contributed by atoms with Gasteiger partial charge >= 0.3 is 39.5 Å². The maximum absolute atomic E-state index is 13.0. The van der Waals surface area contributed by atoms with Gasteiger partial charge in [0.05, 0.1) is 32.8 Å². The molecule has 0 aliphatic carbocycles. The zero-order valence-electron chi connectivity index (χ0n) is 58.3. The summed E-state index contributed by atoms with van der Waals surface area (Å²) in [7, 11) is -9.98. The molecular formula is C75H126O17P2. The summed E-state index contributed by atoms with van der Waals surface area (Å²) >= 11 is 0. The first-order chi connectivity index (χ1) is 45.7. The van der Waals surface area contributed by atoms with Crippen molar-refractivity contribution in [3.63, 3.8) is 0 Å². The minimum absolute atomic E-state index is 0.0622. The summed E-state index contributed by atoms with van der Waals surface area (Å²) in [5.74, 6) is -2.38. The second kappa shape index (κ2) is 67.0. The average Bonchev–Trinajstić information content (AvgIpc) is 1.35. The first kappa shape index (κ1) is 89.5. The summed E-state index contributed by atoms with van der Waals surface area (Å²) in [5.41, 5.74) is 0. The number of ether oxygens (including phenoxy) is 4. The van der Waals surface area contributed by atoms with Crippen molar-refractivity contribution in [1.29, 1.82) is 0 Å². The van der Waals surface area contributed by atoms with Crippen LogP contribution in [0, 0.1) is 0 Å². The van der Waals surface area contributed by atoms with E-state index in [1.54, 1.807) is 6.08 Å². The highest BCUT2D eigenvalue weighted by molar-refractivity contribution is 7.47. The number of aliphatic hydroxyl groups excluding tert-OH is 1. The lowest BCUT2D eigenvalue weighted by Crippen LogP contribution is -2.30. The van der Waals surface area contributed by atoms with Gasteiger partial charge in [0, 0.05) is 19.3 Å². The maximum Gasteiger partial charge on any atom is 0.472 e. The largest absolute Gasteiger partial charge is 0.472 e. The first-order valence-corrected chi connectivity index (χ1v) is 38.8. The Bertz CT molecular complexity index is 2270. The van der Waals surface area contributed by atoms with Gasteiger partial charge in [-0.25, -0.2) is 9.13 Å². The van der Waals surface area contributed by atoms with Crippen LogP contribution in [0.1, 0.15) is 272 Å². The number of hydrogen-bond acceptors (Lipinski definition) is 15. The number of unbranched alkanes of at least 4 members (excludes halogenated alkanes) is 21. The lowest BCUT2D eigenvalue weighted by Gasteiger charge is -2.21. The second-order valence-electron chi connectivity index (χ2n) is 23.4. The molecule has 0 heterocycles. The van der Waals surface area contributed by atoms with Crippen LogP contribution < -0.4 is 0 Å². The number of carbonyl (C=O) groups excluding carboxylic acids is 4. The van der Waals surface area contributed by atoms with E-state index in [9.17, 15) is 43.2 Å². The molecule has 19 heteroatoms. The number of phosphoric ester groups is 2. The van der Waals surface area contributed by atoms with Gasteiger partial charge in [-0.05, 0) is 109 Å². The highest BCUT2D eigenvalue weighted by Gasteiger charge is 2.30. The Labute approximate surface area is 568 Å². The van der Waals surface area contributed by atoms with Crippen molar-refractivity contribution in [3.05, 3.63) is 122 Å². The number of hydrogen-bond donors (Lipinski definition) is 3. The van der Waals surface area contributed by atoms with Crippen LogP contribution in [0.3, 0.4) is 0 Å². The summed E-state index contributed by atoms with van der Waals surface area (Å²) in [4.78, 5) is 72.5. The molecule has 0 rings (SSSR count). The fraction of sp³-hybridized carbons (Fsp3) is 0.680. The number of aliphatic hydroxyl groups is 1. The summed E-state index contributed by atoms with van der Waals surface area (Å²) in [6, 6.07) is 0. The summed E-state index contributed by atoms with van der Waals surface area (Å²) < 4.78 is 68.1. The molecule has 0 aromatic carbocycles. The lowest BCUT2D eigenvalue weighted by atomic mass is 10.0. The van der Waals surface area contributed by atoms with Crippen LogP contribution in [0.4, 0.5) is 0 Å². The van der Waals surface area contributed by atoms with E-state index < -0.39 is 97.5 Å². The van der Waals surface area contributed by atoms with Crippen molar-refractivity contribution in [3.8, 4) is 0 Å². The van der Waals surface area contributed by atoms with Crippen LogP contribution in [-0.4, -0.2) is 96.7 Å². The molecule has 3 N–H and O–H groups in total. The number of esters is 4. The van der Waals surface area contributed by atoms with Crippen molar-refractivity contribution in [2.24, 2.45) is 0 Å². The maximum atomic E-state index is 13.0. The minimum Gasteiger partial charge on any atom is -0.462 e. The summed E-state index contributed by atoms with van der Waals surface area (Å²) in [5, 5.41) is 10.6. The molecular weight excluding hydrogens is 1230 g/mol. The number of phosphoric acid groups is 2. The van der Waals surface area contributed by atoms with Crippen molar-refractivity contribution in [2.75, 3.05) is 39.6 Å². The molecule has 0 spiro atoms. The molecule has 17 nitrogen and oxygen atoms in total. The van der Waals surface area contributed by atoms with E-state index in [0.717, 1.165) is 128 Å². The zero-order chi connectivity index (χ0) is 69.0. The van der Waals surface area contributed by atoms with Crippen LogP contribution in [0.15, 0.2) is 122 Å². The van der Waals surface area contributed by atoms with Gasteiger partial charge in [-0.3, -0.25) is 37.3 Å². The SMILES string of the molecule is CC/C=C\C/C=C\C/C=C\C/C=C\C/C=C\CC(=O)OCC(COP(=O)(O)OCC(O)COP(=O)(O)OCC(COC(=O)CCCC/C=C\C/C=C\C/C=C\C/C=C\CC)OC(=O)CCCCCCCCCCCCCCC)OC(=O)CCCCCCC/C=C\CCCC. The first-order valence-electron chi connectivity index (χ1n) is 35.8. The average molecular weight is 1360 g/mol. The van der Waals surface area contributed by atoms with E-state index in [4.69, 9.17) is 37.0 Å². The van der Waals surface area contributed by atoms with Crippen molar-refractivity contribution < 1.29 is 80.2 Å². The van der Waals surface area contributed by atoms with E-state index in [2.05, 4.69) is 125 Å². The van der Waals surface area contributed by atoms with Crippen LogP contribution >= 0.6 is 15.6 Å². The Hall–Kier alpha value is -4.54. The number of rotatable bonds is 66. The smallest absolute Gasteiger partial charge is 0.462 e. The molecule has 0 aromatic heterocycles. The molecule has 0 fully saturated rings. The molecule has 0 aromatic rings. The highest BCUT2D eigenvalue weighted by atomic mass is 31.2. The molecule has 538 valence electrons. The molecule has 0 aliphatic heterocycles. The van der Waals surface area contributed by atoms with Gasteiger partial charge in [0.1, 0.15) is 19.3 Å². The third kappa shape index (κ3) is 66.1. The Morgan fingerprint density at radius 3 is 1.01 bits per heavy atom. The van der Waals surface area contributed by atoms with Gasteiger partial charge in [-0.15, -0.1) is 0 Å². The molecule has 0 aliphatic rings. The van der Waals surface area contributed by atoms with E-state index in [1.165, 1.54) is 64.2 Å². The molecule has 0 saturated carbocycles. The second-order valence-corrected chi connectivity index (χ2v) is 26.3. The van der Waals surface area contributed by atoms with E-state index in [-0.39, 0.29) is 25.7 Å². The van der Waals surface area contributed by atoms with Crippen molar-refractivity contribution >= 4 is 39.5 Å². The van der Waals surface area contributed by atoms with E-state index in [1.807, 2.05) is 18.2 Å². The third-order valence-electron chi connectivity index (χ3n) is 14.5. The predicted octanol–water partition coefficient (Wildman–Crippen LogP) is 20.0. The van der Waals surface area contributed by atoms with Gasteiger partial charge in [0.25, 0.3) is 0 Å². The molecule has 0 saturated heterocycles. The van der Waals surface area contributed by atoms with Crippen molar-refractivity contribution in [1.82, 2.24) is 0 Å². The van der Waals surface area contributed by atoms with Crippen LogP contribution in [0.2, 0.25) is 0 Å². The fourth-order valence-electron chi connectivity index (χ4n) is 9.03. The van der Waals surface area contributed by atoms with E-state index >= 15 is 0 Å². The Kier molecular flexibility index (Phi) is 63.8. The van der Waals surface area contributed by atoms with Gasteiger partial charge in [0.15, 0.2) is 12.2 Å². The monoisotopic (exact) mass is 1360 g/mol. The van der Waals surface area contributed by atoms with Crippen LogP contribution in [0.25, 0.3) is 0 Å². The Morgan fingerprint density at radius 2 is 0.606 bits per heavy atom. The summed E-state index contributed by atoms with van der Waals surface area (Å²) in [6.07, 6.45) is 71.1. The zero-order valence-corrected chi connectivity index (χ0v) is 60.1. The van der Waals surface area contributed by atoms with Crippen molar-refractivity contribution in [2.45, 2.75) is 290 Å². The third-order valence-corrected chi connectivity index (χ3v) is 16.4. The molecule has 0 radical (unpaired) electrons. The van der Waals surface area contributed by atoms with Gasteiger partial charge in [-0.2, -0.15) is 0 Å². The van der Waals surface area contributed by atoms with Crippen LogP contribution in [-0.2, 0) is 65.4 Å². The van der Waals surface area contributed by atoms with Gasteiger partial charge in [0.2, 0.25) is 0 Å². The molecule has 0 amide bonds. The predicted molar refractivity (Wildman–Crippen MR) is 381 cm³/mol. The number of carbonyl (C=O) groups is 4. The Balaban J connectivity index is 5.42. The van der Waals surface area contributed by atoms with Gasteiger partial charge < -0.3 is 33.8 Å². The standard InChI is InChI=1S/C75H126O17P2/c1-5-9-13-17-21-25-29-32-34-37-40-43-47-51-55-59-72(77)85-65-70(91-74(79)61-57-53-49-45-39-28-24-20-16-12-8-4)67-89-93(81,82)87-63-69(76)64-88-94(83,84)90-68-71(92-75(80)62-58-54-50-46-42-36-31-27-23-19-15-11-7-3)66-86-73(78)60-56-52-48-44-41-38-35-33-30-26-22-18-14-10-6-2/h9-10,13-14,20-22,24-26,32-35,40-41,43-44,51,55,69-71,76H,5-8,11-12,15-19,23,27-31,36-39,42,45-50,52-54,56-68H2,1-4H3,(H,81,82)(H,83,84)/b13-9-,14-10-,24-20-,25-21-,26-22-,34-32-,35-33-,43-40-,44-41-,55-51-. The summed E-state index contributed by atoms with van der Waals surface area (Å²) in [6.45, 7) is 4.41. The minimum atomic E-state index is -4.99. The quantitative estimate of drug-likeness (QED) is 0.0169. The highest BCUT2D eigenvalue weighted by Crippen LogP contribution is 2.45. The number of allylic oxidation sites excluding steroid dienone is 19. The Morgan fingerprint density at radius 1 is 0.319 bits per heavy atom. The fourth-order valence-corrected chi connectivity index (χ4v) is 10.6.